The molecule has 0 radical (unpaired) electrons. The standard InChI is InChI=1S/C7H2BrClF2N2/c8-6-3(7(10)11)1-5(9)13-4(6)2-12/h1,7H. The predicted molar refractivity (Wildman–Crippen MR) is 46.6 cm³/mol. The summed E-state index contributed by atoms with van der Waals surface area (Å²) in [5.74, 6) is 0. The van der Waals surface area contributed by atoms with Crippen LogP contribution in [-0.2, 0) is 0 Å². The van der Waals surface area contributed by atoms with Crippen LogP contribution in [0.4, 0.5) is 8.78 Å². The zero-order valence-electron chi connectivity index (χ0n) is 6.06. The average Bonchev–Trinajstić information content (AvgIpc) is 2.08. The Morgan fingerprint density at radius 3 is 2.69 bits per heavy atom. The monoisotopic (exact) mass is 266 g/mol. The first-order chi connectivity index (χ1) is 6.06. The van der Waals surface area contributed by atoms with Gasteiger partial charge in [-0.05, 0) is 22.0 Å². The SMILES string of the molecule is N#Cc1nc(Cl)cc(C(F)F)c1Br. The topological polar surface area (TPSA) is 36.7 Å². The smallest absolute Gasteiger partial charge is 0.224 e. The van der Waals surface area contributed by atoms with E-state index in [-0.39, 0.29) is 20.9 Å². The Hall–Kier alpha value is -0.730. The van der Waals surface area contributed by atoms with Gasteiger partial charge in [-0.15, -0.1) is 0 Å². The van der Waals surface area contributed by atoms with Gasteiger partial charge in [0.1, 0.15) is 11.2 Å². The summed E-state index contributed by atoms with van der Waals surface area (Å²) in [5.41, 5.74) is -0.459. The van der Waals surface area contributed by atoms with Gasteiger partial charge in [0.05, 0.1) is 4.47 Å². The summed E-state index contributed by atoms with van der Waals surface area (Å²) >= 11 is 8.28. The number of alkyl halides is 2. The molecule has 1 rings (SSSR count). The van der Waals surface area contributed by atoms with E-state index in [4.69, 9.17) is 16.9 Å². The van der Waals surface area contributed by atoms with Crippen LogP contribution in [0.2, 0.25) is 5.15 Å². The highest BCUT2D eigenvalue weighted by atomic mass is 79.9. The average molecular weight is 267 g/mol. The lowest BCUT2D eigenvalue weighted by molar-refractivity contribution is 0.150. The van der Waals surface area contributed by atoms with Crippen molar-refractivity contribution in [3.63, 3.8) is 0 Å². The van der Waals surface area contributed by atoms with Crippen LogP contribution in [0.3, 0.4) is 0 Å². The van der Waals surface area contributed by atoms with Gasteiger partial charge in [0.25, 0.3) is 6.43 Å². The third-order valence-corrected chi connectivity index (χ3v) is 2.32. The van der Waals surface area contributed by atoms with E-state index in [1.54, 1.807) is 6.07 Å². The maximum Gasteiger partial charge on any atom is 0.265 e. The molecule has 6 heteroatoms. The summed E-state index contributed by atoms with van der Waals surface area (Å²) in [7, 11) is 0. The van der Waals surface area contributed by atoms with E-state index in [0.717, 1.165) is 6.07 Å². The van der Waals surface area contributed by atoms with Gasteiger partial charge >= 0.3 is 0 Å². The molecule has 1 aromatic rings. The second-order valence-electron chi connectivity index (χ2n) is 2.11. The van der Waals surface area contributed by atoms with Crippen molar-refractivity contribution < 1.29 is 8.78 Å². The van der Waals surface area contributed by atoms with Gasteiger partial charge in [-0.25, -0.2) is 13.8 Å². The molecule has 0 amide bonds. The Balaban J connectivity index is 3.38. The zero-order valence-corrected chi connectivity index (χ0v) is 8.40. The molecule has 13 heavy (non-hydrogen) atoms. The van der Waals surface area contributed by atoms with Gasteiger partial charge in [-0.2, -0.15) is 5.26 Å². The highest BCUT2D eigenvalue weighted by Gasteiger charge is 2.16. The molecule has 0 saturated carbocycles. The summed E-state index contributed by atoms with van der Waals surface area (Å²) < 4.78 is 24.6. The number of nitrogens with zero attached hydrogens (tertiary/aromatic N) is 2. The molecule has 0 bridgehead atoms. The van der Waals surface area contributed by atoms with E-state index < -0.39 is 6.43 Å². The van der Waals surface area contributed by atoms with Crippen LogP contribution < -0.4 is 0 Å². The molecule has 0 N–H and O–H groups in total. The molecule has 0 unspecified atom stereocenters. The van der Waals surface area contributed by atoms with Crippen LogP contribution in [0.15, 0.2) is 10.5 Å². The minimum Gasteiger partial charge on any atom is -0.224 e. The summed E-state index contributed by atoms with van der Waals surface area (Å²) in [6.45, 7) is 0. The van der Waals surface area contributed by atoms with Crippen molar-refractivity contribution in [3.05, 3.63) is 26.9 Å². The van der Waals surface area contributed by atoms with E-state index in [1.165, 1.54) is 0 Å². The molecular formula is C7H2BrClF2N2. The zero-order chi connectivity index (χ0) is 10.0. The minimum absolute atomic E-state index is 0.00519. The molecule has 0 fully saturated rings. The van der Waals surface area contributed by atoms with Crippen LogP contribution in [0.25, 0.3) is 0 Å². The molecule has 0 aromatic carbocycles. The fourth-order valence-electron chi connectivity index (χ4n) is 0.749. The molecule has 0 saturated heterocycles. The van der Waals surface area contributed by atoms with E-state index in [2.05, 4.69) is 20.9 Å². The fourth-order valence-corrected chi connectivity index (χ4v) is 1.42. The molecule has 1 aromatic heterocycles. The van der Waals surface area contributed by atoms with Gasteiger partial charge in [-0.3, -0.25) is 0 Å². The van der Waals surface area contributed by atoms with Crippen LogP contribution in [-0.4, -0.2) is 4.98 Å². The second-order valence-corrected chi connectivity index (χ2v) is 3.29. The Bertz CT molecular complexity index is 375. The number of hydrogen-bond acceptors (Lipinski definition) is 2. The Kier molecular flexibility index (Phi) is 3.17. The van der Waals surface area contributed by atoms with Crippen molar-refractivity contribution in [2.75, 3.05) is 0 Å². The number of nitriles is 1. The highest BCUT2D eigenvalue weighted by molar-refractivity contribution is 9.10. The van der Waals surface area contributed by atoms with Gasteiger partial charge in [0, 0.05) is 5.56 Å². The van der Waals surface area contributed by atoms with Gasteiger partial charge < -0.3 is 0 Å². The van der Waals surface area contributed by atoms with Crippen molar-refractivity contribution in [2.24, 2.45) is 0 Å². The van der Waals surface area contributed by atoms with Crippen molar-refractivity contribution in [1.82, 2.24) is 4.98 Å². The molecule has 2 nitrogen and oxygen atoms in total. The number of hydrogen-bond donors (Lipinski definition) is 0. The second kappa shape index (κ2) is 3.99. The maximum absolute atomic E-state index is 12.3. The van der Waals surface area contributed by atoms with Crippen LogP contribution in [0, 0.1) is 11.3 Å². The lowest BCUT2D eigenvalue weighted by Gasteiger charge is -2.04. The quantitative estimate of drug-likeness (QED) is 0.732. The van der Waals surface area contributed by atoms with E-state index in [0.29, 0.717) is 0 Å². The summed E-state index contributed by atoms with van der Waals surface area (Å²) in [4.78, 5) is 3.56. The van der Waals surface area contributed by atoms with E-state index in [9.17, 15) is 8.78 Å². The third-order valence-electron chi connectivity index (χ3n) is 1.30. The third kappa shape index (κ3) is 2.14. The highest BCUT2D eigenvalue weighted by Crippen LogP contribution is 2.30. The maximum atomic E-state index is 12.3. The molecular weight excluding hydrogens is 265 g/mol. The van der Waals surface area contributed by atoms with Gasteiger partial charge in [-0.1, -0.05) is 11.6 Å². The fraction of sp³-hybridized carbons (Fsp3) is 0.143. The largest absolute Gasteiger partial charge is 0.265 e. The molecule has 0 spiro atoms. The number of pyridine rings is 1. The molecule has 0 aliphatic heterocycles. The first-order valence-corrected chi connectivity index (χ1v) is 4.27. The lowest BCUT2D eigenvalue weighted by atomic mass is 10.2. The number of aromatic nitrogens is 1. The van der Waals surface area contributed by atoms with Crippen LogP contribution >= 0.6 is 27.5 Å². The summed E-state index contributed by atoms with van der Waals surface area (Å²) in [6.07, 6.45) is -2.68. The van der Waals surface area contributed by atoms with Crippen LogP contribution in [0.5, 0.6) is 0 Å². The lowest BCUT2D eigenvalue weighted by Crippen LogP contribution is -1.93. The van der Waals surface area contributed by atoms with E-state index >= 15 is 0 Å². The minimum atomic E-state index is -2.68. The predicted octanol–water partition coefficient (Wildman–Crippen LogP) is 3.31. The number of halogens is 4. The molecule has 0 aliphatic carbocycles. The van der Waals surface area contributed by atoms with Crippen molar-refractivity contribution in [1.29, 1.82) is 5.26 Å². The van der Waals surface area contributed by atoms with Crippen LogP contribution in [0.1, 0.15) is 17.7 Å². The van der Waals surface area contributed by atoms with E-state index in [1.807, 2.05) is 0 Å². The number of rotatable bonds is 1. The van der Waals surface area contributed by atoms with Crippen molar-refractivity contribution >= 4 is 27.5 Å². The first-order valence-electron chi connectivity index (χ1n) is 3.10. The molecule has 0 atom stereocenters. The summed E-state index contributed by atoms with van der Waals surface area (Å²) in [6, 6.07) is 2.68. The first kappa shape index (κ1) is 10.4. The van der Waals surface area contributed by atoms with Gasteiger partial charge in [0.2, 0.25) is 0 Å². The summed E-state index contributed by atoms with van der Waals surface area (Å²) in [5, 5.41) is 8.39. The Morgan fingerprint density at radius 1 is 1.62 bits per heavy atom. The van der Waals surface area contributed by atoms with Crippen molar-refractivity contribution in [2.45, 2.75) is 6.43 Å². The van der Waals surface area contributed by atoms with Crippen molar-refractivity contribution in [3.8, 4) is 6.07 Å². The molecule has 68 valence electrons. The normalized spacial score (nSPS) is 10.2. The Morgan fingerprint density at radius 2 is 2.23 bits per heavy atom. The molecule has 0 aliphatic rings. The Labute approximate surface area is 86.3 Å². The van der Waals surface area contributed by atoms with Gasteiger partial charge in [0.15, 0.2) is 5.69 Å². The molecule has 1 heterocycles.